The minimum Gasteiger partial charge on any atom is -0.378 e. The summed E-state index contributed by atoms with van der Waals surface area (Å²) >= 11 is 6.55. The van der Waals surface area contributed by atoms with E-state index in [2.05, 4.69) is 32.3 Å². The van der Waals surface area contributed by atoms with Crippen LogP contribution in [0.25, 0.3) is 22.2 Å². The number of hydrogen-bond donors (Lipinski definition) is 2. The molecular formula is C24H22ClN5O2. The molecule has 1 saturated heterocycles. The van der Waals surface area contributed by atoms with Crippen LogP contribution in [-0.4, -0.2) is 41.3 Å². The van der Waals surface area contributed by atoms with Gasteiger partial charge in [-0.2, -0.15) is 0 Å². The topological polar surface area (TPSA) is 83.1 Å². The number of nitrogens with zero attached hydrogens (tertiary/aromatic N) is 3. The number of benzene rings is 2. The first-order valence-corrected chi connectivity index (χ1v) is 10.8. The quantitative estimate of drug-likeness (QED) is 0.478. The average Bonchev–Trinajstić information content (AvgIpc) is 2.82. The van der Waals surface area contributed by atoms with Crippen LogP contribution in [0.4, 0.5) is 17.2 Å². The Kier molecular flexibility index (Phi) is 5.51. The van der Waals surface area contributed by atoms with E-state index in [1.165, 1.54) is 6.33 Å². The molecule has 2 N–H and O–H groups in total. The number of aromatic amines is 1. The highest BCUT2D eigenvalue weighted by Gasteiger charge is 2.15. The third kappa shape index (κ3) is 3.92. The van der Waals surface area contributed by atoms with E-state index < -0.39 is 0 Å². The van der Waals surface area contributed by atoms with Gasteiger partial charge in [0.05, 0.1) is 35.8 Å². The summed E-state index contributed by atoms with van der Waals surface area (Å²) in [5.41, 5.74) is 4.65. The lowest BCUT2D eigenvalue weighted by molar-refractivity contribution is 0.122. The maximum absolute atomic E-state index is 12.6. The van der Waals surface area contributed by atoms with Crippen LogP contribution in [0, 0.1) is 6.92 Å². The molecule has 1 fully saturated rings. The third-order valence-electron chi connectivity index (χ3n) is 5.60. The van der Waals surface area contributed by atoms with Crippen molar-refractivity contribution in [2.75, 3.05) is 36.5 Å². The molecule has 8 heteroatoms. The number of morpholine rings is 1. The van der Waals surface area contributed by atoms with Crippen LogP contribution in [-0.2, 0) is 4.74 Å². The zero-order chi connectivity index (χ0) is 22.1. The standard InChI is InChI=1S/C24H22ClN5O2/c1-15-3-2-4-18(22(15)25)19-13-20-21(24(31)27-14-26-20)23(29-19)28-16-5-7-17(8-6-16)30-9-11-32-12-10-30/h2-8,13-14H,9-12H2,1H3,(H,28,29)(H,26,27,31). The maximum Gasteiger partial charge on any atom is 0.262 e. The van der Waals surface area contributed by atoms with Gasteiger partial charge in [-0.05, 0) is 42.8 Å². The Balaban J connectivity index is 1.55. The predicted molar refractivity (Wildman–Crippen MR) is 128 cm³/mol. The Morgan fingerprint density at radius 2 is 1.91 bits per heavy atom. The minimum atomic E-state index is -0.253. The average molecular weight is 448 g/mol. The maximum atomic E-state index is 12.6. The molecule has 0 unspecified atom stereocenters. The second-order valence-corrected chi connectivity index (χ2v) is 8.07. The number of fused-ring (bicyclic) bond motifs is 1. The van der Waals surface area contributed by atoms with E-state index >= 15 is 0 Å². The molecule has 0 bridgehead atoms. The van der Waals surface area contributed by atoms with E-state index in [1.54, 1.807) is 6.07 Å². The van der Waals surface area contributed by atoms with Crippen LogP contribution in [0.5, 0.6) is 0 Å². The zero-order valence-corrected chi connectivity index (χ0v) is 18.3. The summed E-state index contributed by atoms with van der Waals surface area (Å²) in [5, 5.41) is 4.33. The normalized spacial score (nSPS) is 14.0. The molecule has 1 aliphatic heterocycles. The molecule has 1 aliphatic rings. The molecule has 2 aromatic heterocycles. The number of aromatic nitrogens is 3. The summed E-state index contributed by atoms with van der Waals surface area (Å²) in [6.07, 6.45) is 1.40. The first kappa shape index (κ1) is 20.5. The van der Waals surface area contributed by atoms with E-state index in [-0.39, 0.29) is 5.56 Å². The highest BCUT2D eigenvalue weighted by molar-refractivity contribution is 6.34. The fourth-order valence-electron chi connectivity index (χ4n) is 3.88. The van der Waals surface area contributed by atoms with Crippen LogP contribution in [0.3, 0.4) is 0 Å². The Hall–Kier alpha value is -3.42. The van der Waals surface area contributed by atoms with E-state index in [0.29, 0.717) is 27.4 Å². The first-order valence-electron chi connectivity index (χ1n) is 10.4. The van der Waals surface area contributed by atoms with Gasteiger partial charge in [-0.1, -0.05) is 29.8 Å². The molecule has 0 saturated carbocycles. The molecule has 32 heavy (non-hydrogen) atoms. The zero-order valence-electron chi connectivity index (χ0n) is 17.6. The molecule has 4 aromatic rings. The molecule has 7 nitrogen and oxygen atoms in total. The molecular weight excluding hydrogens is 426 g/mol. The van der Waals surface area contributed by atoms with E-state index in [4.69, 9.17) is 21.3 Å². The van der Waals surface area contributed by atoms with Crippen LogP contribution in [0.1, 0.15) is 5.56 Å². The van der Waals surface area contributed by atoms with Crippen LogP contribution in [0.15, 0.2) is 59.7 Å². The Morgan fingerprint density at radius 3 is 2.69 bits per heavy atom. The van der Waals surface area contributed by atoms with Gasteiger partial charge in [0.15, 0.2) is 0 Å². The summed E-state index contributed by atoms with van der Waals surface area (Å²) in [6, 6.07) is 15.7. The largest absolute Gasteiger partial charge is 0.378 e. The number of pyridine rings is 1. The highest BCUT2D eigenvalue weighted by atomic mass is 35.5. The second kappa shape index (κ2) is 8.61. The molecule has 162 valence electrons. The fraction of sp³-hybridized carbons (Fsp3) is 0.208. The molecule has 0 radical (unpaired) electrons. The van der Waals surface area contributed by atoms with Crippen LogP contribution in [0.2, 0.25) is 5.02 Å². The number of H-pyrrole nitrogens is 1. The van der Waals surface area contributed by atoms with Gasteiger partial charge in [0.2, 0.25) is 0 Å². The van der Waals surface area contributed by atoms with Gasteiger partial charge >= 0.3 is 0 Å². The summed E-state index contributed by atoms with van der Waals surface area (Å²) < 4.78 is 5.43. The molecule has 0 spiro atoms. The number of anilines is 3. The molecule has 0 atom stereocenters. The SMILES string of the molecule is Cc1cccc(-c2cc3nc[nH]c(=O)c3c(Nc3ccc(N4CCOCC4)cc3)n2)c1Cl. The van der Waals surface area contributed by atoms with Gasteiger partial charge in [0.25, 0.3) is 5.56 Å². The van der Waals surface area contributed by atoms with Gasteiger partial charge in [0, 0.05) is 30.0 Å². The van der Waals surface area contributed by atoms with Crippen LogP contribution >= 0.6 is 11.6 Å². The van der Waals surface area contributed by atoms with Crippen molar-refractivity contribution in [1.29, 1.82) is 0 Å². The molecule has 3 heterocycles. The van der Waals surface area contributed by atoms with Crippen molar-refractivity contribution in [1.82, 2.24) is 15.0 Å². The Labute approximate surface area is 190 Å². The third-order valence-corrected chi connectivity index (χ3v) is 6.10. The predicted octanol–water partition coefficient (Wildman–Crippen LogP) is 4.53. The summed E-state index contributed by atoms with van der Waals surface area (Å²) in [5.74, 6) is 0.434. The molecule has 5 rings (SSSR count). The second-order valence-electron chi connectivity index (χ2n) is 7.69. The summed E-state index contributed by atoms with van der Waals surface area (Å²) in [4.78, 5) is 26.6. The van der Waals surface area contributed by atoms with Gasteiger partial charge in [-0.3, -0.25) is 4.79 Å². The van der Waals surface area contributed by atoms with Crippen molar-refractivity contribution in [2.24, 2.45) is 0 Å². The van der Waals surface area contributed by atoms with E-state index in [1.807, 2.05) is 37.3 Å². The number of rotatable bonds is 4. The van der Waals surface area contributed by atoms with Gasteiger partial charge in [-0.15, -0.1) is 0 Å². The summed E-state index contributed by atoms with van der Waals surface area (Å²) in [7, 11) is 0. The number of hydrogen-bond acceptors (Lipinski definition) is 6. The number of halogens is 1. The number of aryl methyl sites for hydroxylation is 1. The minimum absolute atomic E-state index is 0.253. The van der Waals surface area contributed by atoms with Crippen molar-refractivity contribution in [2.45, 2.75) is 6.92 Å². The van der Waals surface area contributed by atoms with E-state index in [0.717, 1.165) is 48.8 Å². The van der Waals surface area contributed by atoms with Gasteiger partial charge in [-0.25, -0.2) is 9.97 Å². The summed E-state index contributed by atoms with van der Waals surface area (Å²) in [6.45, 7) is 5.17. The van der Waals surface area contributed by atoms with Crippen molar-refractivity contribution in [3.05, 3.63) is 75.8 Å². The molecule has 0 amide bonds. The first-order chi connectivity index (χ1) is 15.6. The monoisotopic (exact) mass is 447 g/mol. The number of nitrogens with one attached hydrogen (secondary N) is 2. The molecule has 0 aliphatic carbocycles. The van der Waals surface area contributed by atoms with Gasteiger partial charge < -0.3 is 19.9 Å². The lowest BCUT2D eigenvalue weighted by Crippen LogP contribution is -2.36. The van der Waals surface area contributed by atoms with Crippen molar-refractivity contribution in [3.63, 3.8) is 0 Å². The molecule has 2 aromatic carbocycles. The smallest absolute Gasteiger partial charge is 0.262 e. The lowest BCUT2D eigenvalue weighted by Gasteiger charge is -2.28. The van der Waals surface area contributed by atoms with E-state index in [9.17, 15) is 4.79 Å². The van der Waals surface area contributed by atoms with Crippen molar-refractivity contribution < 1.29 is 4.74 Å². The van der Waals surface area contributed by atoms with Crippen LogP contribution < -0.4 is 15.8 Å². The Bertz CT molecular complexity index is 1330. The Morgan fingerprint density at radius 1 is 1.12 bits per heavy atom. The van der Waals surface area contributed by atoms with Crippen molar-refractivity contribution in [3.8, 4) is 11.3 Å². The van der Waals surface area contributed by atoms with Gasteiger partial charge in [0.1, 0.15) is 11.2 Å². The number of ether oxygens (including phenoxy) is 1. The fourth-order valence-corrected chi connectivity index (χ4v) is 4.10. The van der Waals surface area contributed by atoms with Crippen molar-refractivity contribution >= 4 is 39.7 Å². The lowest BCUT2D eigenvalue weighted by atomic mass is 10.1. The highest BCUT2D eigenvalue weighted by Crippen LogP contribution is 2.33.